The molecule has 0 saturated carbocycles. The zero-order valence-corrected chi connectivity index (χ0v) is 10.3. The van der Waals surface area contributed by atoms with E-state index in [4.69, 9.17) is 4.55 Å². The maximum absolute atomic E-state index is 10.3. The molecule has 0 rings (SSSR count). The van der Waals surface area contributed by atoms with Crippen LogP contribution in [0.1, 0.15) is 19.3 Å². The van der Waals surface area contributed by atoms with Gasteiger partial charge in [-0.25, -0.2) is 0 Å². The van der Waals surface area contributed by atoms with Crippen LogP contribution < -0.4 is 5.32 Å². The molecule has 0 aliphatic rings. The summed E-state index contributed by atoms with van der Waals surface area (Å²) in [5, 5.41) is 2.54. The van der Waals surface area contributed by atoms with Gasteiger partial charge in [-0.1, -0.05) is 18.9 Å². The van der Waals surface area contributed by atoms with E-state index in [9.17, 15) is 13.2 Å². The van der Waals surface area contributed by atoms with E-state index in [1.165, 1.54) is 0 Å². The smallest absolute Gasteiger partial charge is 0.261 e. The molecule has 0 unspecified atom stereocenters. The Hall–Kier alpha value is -0.403. The molecule has 1 amide bonds. The summed E-state index contributed by atoms with van der Waals surface area (Å²) in [5.74, 6) is 0. The quantitative estimate of drug-likeness (QED) is 0.242. The molecule has 0 aromatic rings. The molecule has 0 aliphatic heterocycles. The lowest BCUT2D eigenvalue weighted by Gasteiger charge is -1.99. The van der Waals surface area contributed by atoms with Crippen LogP contribution in [0.5, 0.6) is 0 Å². The van der Waals surface area contributed by atoms with Crippen LogP contribution in [0.4, 0.5) is 0 Å². The molecule has 0 bridgehead atoms. The zero-order chi connectivity index (χ0) is 10.9. The van der Waals surface area contributed by atoms with Gasteiger partial charge in [0.15, 0.2) is 0 Å². The second-order valence-corrected chi connectivity index (χ2v) is 7.34. The molecule has 5 nitrogen and oxygen atoms in total. The van der Waals surface area contributed by atoms with Gasteiger partial charge in [0.1, 0.15) is 0 Å². The van der Waals surface area contributed by atoms with Crippen LogP contribution in [-0.4, -0.2) is 40.8 Å². The second-order valence-electron chi connectivity index (χ2n) is 3.13. The first-order valence-corrected chi connectivity index (χ1v) is 8.29. The topological polar surface area (TPSA) is 83.5 Å². The molecule has 84 valence electrons. The van der Waals surface area contributed by atoms with Gasteiger partial charge in [-0.3, -0.25) is 9.35 Å². The van der Waals surface area contributed by atoms with E-state index in [-0.39, 0.29) is 5.38 Å². The Bertz CT molecular complexity index is 242. The van der Waals surface area contributed by atoms with Gasteiger partial charge in [0, 0.05) is 16.1 Å². The van der Waals surface area contributed by atoms with Crippen molar-refractivity contribution in [3.05, 3.63) is 0 Å². The maximum atomic E-state index is 10.3. The van der Waals surface area contributed by atoms with Gasteiger partial charge >= 0.3 is 0 Å². The fourth-order valence-electron chi connectivity index (χ4n) is 1.10. The minimum atomic E-state index is -3.72. The number of nitrogens with one attached hydrogen (secondary N) is 1. The molecule has 0 fully saturated rings. The first-order valence-electron chi connectivity index (χ1n) is 4.68. The van der Waals surface area contributed by atoms with Gasteiger partial charge in [-0.2, -0.15) is 8.42 Å². The Morgan fingerprint density at radius 1 is 1.29 bits per heavy atom. The molecule has 0 aromatic heterocycles. The van der Waals surface area contributed by atoms with Gasteiger partial charge in [0.2, 0.25) is 6.41 Å². The molecule has 7 heteroatoms. The zero-order valence-electron chi connectivity index (χ0n) is 8.11. The fraction of sp³-hybridized carbons (Fsp3) is 0.857. The van der Waals surface area contributed by atoms with Crippen molar-refractivity contribution >= 4 is 26.0 Å². The van der Waals surface area contributed by atoms with Gasteiger partial charge in [0.25, 0.3) is 10.1 Å². The summed E-state index contributed by atoms with van der Waals surface area (Å²) >= 11 is 0. The van der Waals surface area contributed by atoms with Crippen LogP contribution in [0.2, 0.25) is 6.04 Å². The second kappa shape index (κ2) is 7.95. The molecule has 0 heterocycles. The molecule has 0 aliphatic carbocycles. The highest BCUT2D eigenvalue weighted by molar-refractivity contribution is 7.87. The van der Waals surface area contributed by atoms with Crippen molar-refractivity contribution < 1.29 is 17.8 Å². The molecule has 2 N–H and O–H groups in total. The average Bonchev–Trinajstić information content (AvgIpc) is 2.08. The molecule has 0 saturated heterocycles. The highest BCUT2D eigenvalue weighted by atomic mass is 32.2. The van der Waals surface area contributed by atoms with Crippen LogP contribution in [0, 0.1) is 0 Å². The summed E-state index contributed by atoms with van der Waals surface area (Å²) in [5.41, 5.74) is 0. The summed E-state index contributed by atoms with van der Waals surface area (Å²) in [6, 6.07) is 0.931. The van der Waals surface area contributed by atoms with Crippen molar-refractivity contribution in [2.45, 2.75) is 25.3 Å². The van der Waals surface area contributed by atoms with Gasteiger partial charge in [0.05, 0.1) is 5.38 Å². The minimum Gasteiger partial charge on any atom is -0.359 e. The number of carbonyl (C=O) groups excluding carboxylic acids is 1. The Balaban J connectivity index is 3.10. The number of hydrogen-bond donors (Lipinski definition) is 2. The van der Waals surface area contributed by atoms with Gasteiger partial charge in [-0.05, 0) is 6.42 Å². The number of carbonyl (C=O) groups is 1. The van der Waals surface area contributed by atoms with Crippen molar-refractivity contribution in [3.8, 4) is 0 Å². The van der Waals surface area contributed by atoms with Crippen LogP contribution in [0.3, 0.4) is 0 Å². The molecule has 0 spiro atoms. The predicted molar refractivity (Wildman–Crippen MR) is 57.7 cm³/mol. The van der Waals surface area contributed by atoms with E-state index < -0.39 is 19.6 Å². The van der Waals surface area contributed by atoms with E-state index >= 15 is 0 Å². The van der Waals surface area contributed by atoms with Crippen molar-refractivity contribution in [1.82, 2.24) is 5.32 Å². The summed E-state index contributed by atoms with van der Waals surface area (Å²) in [7, 11) is -4.38. The number of hydrogen-bond acceptors (Lipinski definition) is 3. The van der Waals surface area contributed by atoms with Crippen LogP contribution in [-0.2, 0) is 14.9 Å². The molecule has 0 radical (unpaired) electrons. The van der Waals surface area contributed by atoms with Crippen molar-refractivity contribution in [3.63, 3.8) is 0 Å². The summed E-state index contributed by atoms with van der Waals surface area (Å²) in [6.45, 7) is 0.684. The van der Waals surface area contributed by atoms with Crippen molar-refractivity contribution in [1.29, 1.82) is 0 Å². The standard InChI is InChI=1S/C7H17NO4SSi/c9-6-8-4-2-1-3-5-14-7-13(10,11)12/h6H,1-5,7,14H2,(H,8,9)(H,10,11,12). The molecule has 0 aromatic carbocycles. The van der Waals surface area contributed by atoms with E-state index in [2.05, 4.69) is 5.32 Å². The normalized spacial score (nSPS) is 12.1. The Labute approximate surface area is 86.8 Å². The molecular formula is C7H17NO4SSi. The van der Waals surface area contributed by atoms with Crippen molar-refractivity contribution in [2.24, 2.45) is 0 Å². The summed E-state index contributed by atoms with van der Waals surface area (Å²) < 4.78 is 29.1. The van der Waals surface area contributed by atoms with Gasteiger partial charge < -0.3 is 5.32 Å². The van der Waals surface area contributed by atoms with E-state index in [1.807, 2.05) is 0 Å². The monoisotopic (exact) mass is 239 g/mol. The van der Waals surface area contributed by atoms with Crippen LogP contribution >= 0.6 is 0 Å². The van der Waals surface area contributed by atoms with Crippen molar-refractivity contribution in [2.75, 3.05) is 11.9 Å². The lowest BCUT2D eigenvalue weighted by Crippen LogP contribution is -2.12. The Morgan fingerprint density at radius 2 is 2.00 bits per heavy atom. The third kappa shape index (κ3) is 11.6. The maximum Gasteiger partial charge on any atom is 0.261 e. The lowest BCUT2D eigenvalue weighted by molar-refractivity contribution is -0.109. The Kier molecular flexibility index (Phi) is 7.72. The molecular weight excluding hydrogens is 222 g/mol. The first-order chi connectivity index (χ1) is 6.56. The summed E-state index contributed by atoms with van der Waals surface area (Å²) in [6.07, 6.45) is 3.59. The van der Waals surface area contributed by atoms with Gasteiger partial charge in [-0.15, -0.1) is 0 Å². The van der Waals surface area contributed by atoms with E-state index in [1.54, 1.807) is 0 Å². The fourth-order valence-corrected chi connectivity index (χ4v) is 4.08. The SMILES string of the molecule is O=CNCCCCC[SiH2]CS(=O)(=O)O. The largest absolute Gasteiger partial charge is 0.359 e. The lowest BCUT2D eigenvalue weighted by atomic mass is 10.2. The van der Waals surface area contributed by atoms with E-state index in [0.29, 0.717) is 13.0 Å². The highest BCUT2D eigenvalue weighted by Crippen LogP contribution is 1.99. The average molecular weight is 239 g/mol. The number of rotatable bonds is 9. The predicted octanol–water partition coefficient (Wildman–Crippen LogP) is -0.665. The highest BCUT2D eigenvalue weighted by Gasteiger charge is 2.03. The van der Waals surface area contributed by atoms with Crippen LogP contribution in [0.15, 0.2) is 0 Å². The van der Waals surface area contributed by atoms with Crippen LogP contribution in [0.25, 0.3) is 0 Å². The Morgan fingerprint density at radius 3 is 2.57 bits per heavy atom. The molecule has 0 atom stereocenters. The summed E-state index contributed by atoms with van der Waals surface area (Å²) in [4.78, 5) is 9.85. The molecule has 14 heavy (non-hydrogen) atoms. The van der Waals surface area contributed by atoms with E-state index in [0.717, 1.165) is 25.3 Å². The number of unbranched alkanes of at least 4 members (excludes halogenated alkanes) is 2. The third-order valence-corrected chi connectivity index (χ3v) is 6.03. The first kappa shape index (κ1) is 13.6. The minimum absolute atomic E-state index is 0.0143. The number of amides is 1. The third-order valence-electron chi connectivity index (χ3n) is 1.81.